The number of hydrogen-bond acceptors (Lipinski definition) is 3. The van der Waals surface area contributed by atoms with Gasteiger partial charge in [0, 0.05) is 40.0 Å². The van der Waals surface area contributed by atoms with Crippen molar-refractivity contribution in [1.29, 1.82) is 0 Å². The molecule has 1 heterocycles. The van der Waals surface area contributed by atoms with E-state index in [9.17, 15) is 0 Å². The van der Waals surface area contributed by atoms with Crippen molar-refractivity contribution in [2.75, 3.05) is 14.2 Å². The Balaban J connectivity index is 1.53. The Morgan fingerprint density at radius 1 is 0.479 bits per heavy atom. The van der Waals surface area contributed by atoms with Gasteiger partial charge in [-0.3, -0.25) is 18.8 Å². The number of hydrogen-bond donors (Lipinski definition) is 0. The third-order valence-electron chi connectivity index (χ3n) is 8.43. The van der Waals surface area contributed by atoms with Gasteiger partial charge in [-0.25, -0.2) is 4.99 Å². The van der Waals surface area contributed by atoms with E-state index in [2.05, 4.69) is 42.2 Å². The molecule has 7 rings (SSSR count). The number of nitrogens with zero attached hydrogens (tertiary/aromatic N) is 4. The number of benzene rings is 6. The molecule has 0 amide bonds. The lowest BCUT2D eigenvalue weighted by Gasteiger charge is -2.43. The highest BCUT2D eigenvalue weighted by Gasteiger charge is 2.45. The van der Waals surface area contributed by atoms with Crippen molar-refractivity contribution in [3.8, 4) is 0 Å². The fourth-order valence-corrected chi connectivity index (χ4v) is 9.13. The summed E-state index contributed by atoms with van der Waals surface area (Å²) in [6.45, 7) is 2.19. The summed E-state index contributed by atoms with van der Waals surface area (Å²) in [4.78, 5) is 7.69. The Hall–Kier alpha value is -5.64. The summed E-state index contributed by atoms with van der Waals surface area (Å²) in [7, 11) is -3.88. The molecule has 6 heteroatoms. The molecule has 48 heavy (non-hydrogen) atoms. The van der Waals surface area contributed by atoms with Gasteiger partial charge in [0.2, 0.25) is 0 Å². The Kier molecular flexibility index (Phi) is 9.04. The Morgan fingerprint density at radius 3 is 1.08 bits per heavy atom. The number of allylic oxidation sites excluding steroid dienone is 1. The molecule has 0 spiro atoms. The van der Waals surface area contributed by atoms with Crippen LogP contribution in [0.5, 0.6) is 0 Å². The summed E-state index contributed by atoms with van der Waals surface area (Å²) in [5.74, 6) is 0.902. The minimum absolute atomic E-state index is 0.0615. The zero-order valence-electron chi connectivity index (χ0n) is 26.8. The van der Waals surface area contributed by atoms with Gasteiger partial charge in [0.1, 0.15) is 11.3 Å². The molecule has 6 aromatic carbocycles. The van der Waals surface area contributed by atoms with E-state index in [4.69, 9.17) is 4.99 Å². The molecule has 1 aliphatic rings. The molecule has 0 aliphatic carbocycles. The molecule has 0 saturated carbocycles. The topological polar surface area (TPSA) is 39.2 Å². The lowest BCUT2D eigenvalue weighted by Crippen LogP contribution is -2.34. The number of rotatable bonds is 9. The number of aliphatic imine (C=N–C) groups is 1. The molecule has 5 nitrogen and oxygen atoms in total. The highest BCUT2D eigenvalue weighted by Crippen LogP contribution is 2.69. The molecular formula is C42H37N4OP. The van der Waals surface area contributed by atoms with Gasteiger partial charge in [0.25, 0.3) is 0 Å². The van der Waals surface area contributed by atoms with Gasteiger partial charge in [0.15, 0.2) is 0 Å². The van der Waals surface area contributed by atoms with Crippen molar-refractivity contribution in [2.45, 2.75) is 13.3 Å². The van der Waals surface area contributed by atoms with Crippen molar-refractivity contribution < 1.29 is 4.57 Å². The predicted octanol–water partition coefficient (Wildman–Crippen LogP) is 12.0. The molecular weight excluding hydrogens is 607 g/mol. The summed E-state index contributed by atoms with van der Waals surface area (Å²) >= 11 is 0. The van der Waals surface area contributed by atoms with Gasteiger partial charge in [-0.1, -0.05) is 122 Å². The molecule has 0 bridgehead atoms. The lowest BCUT2D eigenvalue weighted by molar-refractivity contribution is 0.577. The smallest absolute Gasteiger partial charge is 0.298 e. The van der Waals surface area contributed by atoms with E-state index >= 15 is 4.57 Å². The highest BCUT2D eigenvalue weighted by molar-refractivity contribution is 7.72. The van der Waals surface area contributed by atoms with Crippen LogP contribution in [0.25, 0.3) is 0 Å². The lowest BCUT2D eigenvalue weighted by atomic mass is 10.0. The van der Waals surface area contributed by atoms with Gasteiger partial charge in [-0.2, -0.15) is 0 Å². The van der Waals surface area contributed by atoms with E-state index in [-0.39, 0.29) is 5.92 Å². The minimum Gasteiger partial charge on any atom is -0.298 e. The summed E-state index contributed by atoms with van der Waals surface area (Å²) in [6, 6.07) is 60.6. The average Bonchev–Trinajstić information content (AvgIpc) is 3.15. The van der Waals surface area contributed by atoms with Crippen molar-refractivity contribution >= 4 is 47.4 Å². The molecule has 1 aliphatic heterocycles. The highest BCUT2D eigenvalue weighted by atomic mass is 31.2. The van der Waals surface area contributed by atoms with Gasteiger partial charge in [0.05, 0.1) is 0 Å². The van der Waals surface area contributed by atoms with Crippen LogP contribution in [-0.2, 0) is 4.57 Å². The van der Waals surface area contributed by atoms with Crippen LogP contribution in [-0.4, -0.2) is 5.84 Å². The molecule has 0 saturated heterocycles. The van der Waals surface area contributed by atoms with E-state index in [0.717, 1.165) is 40.0 Å². The maximum atomic E-state index is 17.0. The van der Waals surface area contributed by atoms with Gasteiger partial charge < -0.3 is 0 Å². The van der Waals surface area contributed by atoms with Gasteiger partial charge in [-0.15, -0.1) is 0 Å². The number of para-hydroxylation sites is 6. The van der Waals surface area contributed by atoms with E-state index in [1.165, 1.54) is 0 Å². The molecule has 0 radical (unpaired) electrons. The van der Waals surface area contributed by atoms with Gasteiger partial charge in [-0.05, 0) is 79.2 Å². The normalized spacial score (nSPS) is 14.4. The van der Waals surface area contributed by atoms with E-state index in [1.54, 1.807) is 0 Å². The fraction of sp³-hybridized carbons (Fsp3) is 0.0714. The maximum absolute atomic E-state index is 17.0. The molecule has 236 valence electrons. The van der Waals surface area contributed by atoms with Gasteiger partial charge >= 0.3 is 7.44 Å². The molecule has 6 aromatic rings. The Morgan fingerprint density at radius 2 is 0.771 bits per heavy atom. The largest absolute Gasteiger partial charge is 0.319 e. The second kappa shape index (κ2) is 14.0. The SMILES string of the molecule is CC1CC=C(P(=O)(N(c2ccccc2)c2ccccc2)N(c2ccccc2)c2ccccc2)N=C1N(c1ccccc1)c1ccccc1. The van der Waals surface area contributed by atoms with Crippen LogP contribution in [0.4, 0.5) is 34.1 Å². The summed E-state index contributed by atoms with van der Waals surface area (Å²) < 4.78 is 21.0. The molecule has 0 aromatic heterocycles. The van der Waals surface area contributed by atoms with E-state index in [1.807, 2.05) is 167 Å². The van der Waals surface area contributed by atoms with Crippen LogP contribution in [0.2, 0.25) is 0 Å². The van der Waals surface area contributed by atoms with Crippen LogP contribution in [0, 0.1) is 5.92 Å². The Labute approximate surface area is 283 Å². The first-order valence-corrected chi connectivity index (χ1v) is 17.9. The minimum atomic E-state index is -3.88. The molecule has 1 unspecified atom stereocenters. The van der Waals surface area contributed by atoms with Crippen LogP contribution in [0.3, 0.4) is 0 Å². The van der Waals surface area contributed by atoms with Crippen molar-refractivity contribution in [3.05, 3.63) is 194 Å². The number of amidine groups is 1. The van der Waals surface area contributed by atoms with Crippen molar-refractivity contribution in [3.63, 3.8) is 0 Å². The first kappa shape index (κ1) is 31.0. The van der Waals surface area contributed by atoms with Crippen LogP contribution < -0.4 is 14.2 Å². The zero-order valence-corrected chi connectivity index (χ0v) is 27.7. The molecule has 1 atom stereocenters. The van der Waals surface area contributed by atoms with Crippen LogP contribution in [0.1, 0.15) is 13.3 Å². The fourth-order valence-electron chi connectivity index (χ4n) is 6.18. The third-order valence-corrected chi connectivity index (χ3v) is 11.3. The molecule has 0 N–H and O–H groups in total. The quantitative estimate of drug-likeness (QED) is 0.147. The first-order chi connectivity index (χ1) is 23.6. The summed E-state index contributed by atoms with van der Waals surface area (Å²) in [6.07, 6.45) is 2.75. The third kappa shape index (κ3) is 6.09. The van der Waals surface area contributed by atoms with E-state index < -0.39 is 7.44 Å². The average molecular weight is 645 g/mol. The van der Waals surface area contributed by atoms with Crippen LogP contribution in [0.15, 0.2) is 198 Å². The monoisotopic (exact) mass is 644 g/mol. The van der Waals surface area contributed by atoms with Crippen LogP contribution >= 0.6 is 7.44 Å². The zero-order chi connectivity index (χ0) is 32.8. The standard InChI is InChI=1S/C42H37N4OP/c1-34-32-33-41(43-42(34)44(35-20-8-2-9-21-35)36-22-10-3-11-23-36)48(47,45(37-24-12-4-13-25-37)38-26-14-5-15-27-38)46(39-28-16-6-17-29-39)40-30-18-7-19-31-40/h2-31,33-34H,32H2,1H3. The summed E-state index contributed by atoms with van der Waals surface area (Å²) in [5.41, 5.74) is 5.75. The van der Waals surface area contributed by atoms with Crippen molar-refractivity contribution in [1.82, 2.24) is 0 Å². The number of anilines is 6. The maximum Gasteiger partial charge on any atom is 0.319 e. The summed E-state index contributed by atoms with van der Waals surface area (Å²) in [5, 5.41) is 0. The first-order valence-electron chi connectivity index (χ1n) is 16.3. The van der Waals surface area contributed by atoms with E-state index in [0.29, 0.717) is 11.9 Å². The predicted molar refractivity (Wildman–Crippen MR) is 202 cm³/mol. The van der Waals surface area contributed by atoms with Crippen molar-refractivity contribution in [2.24, 2.45) is 10.9 Å². The second-order valence-electron chi connectivity index (χ2n) is 11.7. The second-order valence-corrected chi connectivity index (χ2v) is 14.0. The molecule has 0 fully saturated rings. The Bertz CT molecular complexity index is 1830.